The van der Waals surface area contributed by atoms with Crippen LogP contribution in [0.15, 0.2) is 22.7 Å². The Morgan fingerprint density at radius 1 is 1.59 bits per heavy atom. The third-order valence-corrected chi connectivity index (χ3v) is 4.33. The van der Waals surface area contributed by atoms with Crippen molar-refractivity contribution in [1.82, 2.24) is 4.90 Å². The monoisotopic (exact) mass is 409 g/mol. The summed E-state index contributed by atoms with van der Waals surface area (Å²) in [5.74, 6) is -0.00604. The second-order valence-corrected chi connectivity index (χ2v) is 6.68. The summed E-state index contributed by atoms with van der Waals surface area (Å²) >= 11 is 5.53. The number of β-amino-alcohol motifs (C(OH)–C–C–N with tert-alkyl or cyclic N) is 1. The molecule has 1 heterocycles. The lowest BCUT2D eigenvalue weighted by Crippen LogP contribution is -2.34. The molecule has 1 unspecified atom stereocenters. The number of hydrogen-bond acceptors (Lipinski definition) is 2. The van der Waals surface area contributed by atoms with Gasteiger partial charge in [0.05, 0.1) is 11.2 Å². The van der Waals surface area contributed by atoms with Crippen molar-refractivity contribution in [3.63, 3.8) is 0 Å². The van der Waals surface area contributed by atoms with Gasteiger partial charge in [-0.15, -0.1) is 0 Å². The largest absolute Gasteiger partial charge is 0.388 e. The van der Waals surface area contributed by atoms with Gasteiger partial charge in [-0.2, -0.15) is 0 Å². The van der Waals surface area contributed by atoms with Crippen LogP contribution in [-0.4, -0.2) is 34.6 Å². The van der Waals surface area contributed by atoms with Crippen LogP contribution in [0.5, 0.6) is 0 Å². The van der Waals surface area contributed by atoms with Gasteiger partial charge in [-0.25, -0.2) is 0 Å². The predicted octanol–water partition coefficient (Wildman–Crippen LogP) is 2.65. The molecule has 17 heavy (non-hydrogen) atoms. The highest BCUT2D eigenvalue weighted by atomic mass is 127. The molecule has 0 bridgehead atoms. The third-order valence-electron chi connectivity index (χ3n) is 2.90. The minimum Gasteiger partial charge on any atom is -0.388 e. The van der Waals surface area contributed by atoms with Crippen LogP contribution in [0.2, 0.25) is 0 Å². The molecule has 0 aromatic heterocycles. The first-order valence-corrected chi connectivity index (χ1v) is 7.23. The highest BCUT2D eigenvalue weighted by molar-refractivity contribution is 14.1. The molecule has 0 saturated carbocycles. The average molecular weight is 410 g/mol. The summed E-state index contributed by atoms with van der Waals surface area (Å²) < 4.78 is 1.83. The zero-order valence-corrected chi connectivity index (χ0v) is 13.2. The first-order chi connectivity index (χ1) is 7.89. The van der Waals surface area contributed by atoms with E-state index in [1.165, 1.54) is 0 Å². The number of amides is 1. The first-order valence-electron chi connectivity index (χ1n) is 5.36. The van der Waals surface area contributed by atoms with Crippen molar-refractivity contribution in [2.75, 3.05) is 13.1 Å². The van der Waals surface area contributed by atoms with Crippen LogP contribution in [0.1, 0.15) is 23.7 Å². The van der Waals surface area contributed by atoms with Crippen molar-refractivity contribution in [3.05, 3.63) is 31.8 Å². The Hall–Kier alpha value is -0.140. The summed E-state index contributed by atoms with van der Waals surface area (Å²) in [6.45, 7) is 2.80. The van der Waals surface area contributed by atoms with Gasteiger partial charge < -0.3 is 10.0 Å². The SMILES string of the molecule is CC1(O)CCN(C(=O)c2cc(Br)ccc2I)C1. The summed E-state index contributed by atoms with van der Waals surface area (Å²) in [4.78, 5) is 14.0. The fraction of sp³-hybridized carbons (Fsp3) is 0.417. The van der Waals surface area contributed by atoms with Gasteiger partial charge in [-0.1, -0.05) is 15.9 Å². The van der Waals surface area contributed by atoms with E-state index in [2.05, 4.69) is 38.5 Å². The van der Waals surface area contributed by atoms with E-state index in [1.54, 1.807) is 11.8 Å². The number of rotatable bonds is 1. The van der Waals surface area contributed by atoms with Gasteiger partial charge in [0, 0.05) is 21.1 Å². The van der Waals surface area contributed by atoms with E-state index in [9.17, 15) is 9.90 Å². The van der Waals surface area contributed by atoms with Gasteiger partial charge in [-0.3, -0.25) is 4.79 Å². The Morgan fingerprint density at radius 2 is 2.29 bits per heavy atom. The van der Waals surface area contributed by atoms with Gasteiger partial charge in [0.2, 0.25) is 0 Å². The number of carbonyl (C=O) groups is 1. The Morgan fingerprint density at radius 3 is 2.88 bits per heavy atom. The van der Waals surface area contributed by atoms with Crippen LogP contribution in [0.3, 0.4) is 0 Å². The summed E-state index contributed by atoms with van der Waals surface area (Å²) in [5.41, 5.74) is -0.0507. The molecule has 92 valence electrons. The van der Waals surface area contributed by atoms with Crippen LogP contribution >= 0.6 is 38.5 Å². The smallest absolute Gasteiger partial charge is 0.255 e. The predicted molar refractivity (Wildman–Crippen MR) is 78.0 cm³/mol. The molecule has 3 nitrogen and oxygen atoms in total. The molecule has 1 fully saturated rings. The normalized spacial score (nSPS) is 24.1. The van der Waals surface area contributed by atoms with Crippen molar-refractivity contribution >= 4 is 44.4 Å². The molecule has 1 aliphatic rings. The number of likely N-dealkylation sites (tertiary alicyclic amines) is 1. The molecule has 1 aromatic carbocycles. The molecule has 1 saturated heterocycles. The zero-order chi connectivity index (χ0) is 12.6. The van der Waals surface area contributed by atoms with Crippen molar-refractivity contribution in [1.29, 1.82) is 0 Å². The number of hydrogen-bond donors (Lipinski definition) is 1. The Labute approximate surface area is 122 Å². The highest BCUT2D eigenvalue weighted by Gasteiger charge is 2.34. The van der Waals surface area contributed by atoms with E-state index in [1.807, 2.05) is 18.2 Å². The maximum atomic E-state index is 12.3. The number of benzene rings is 1. The van der Waals surface area contributed by atoms with Crippen molar-refractivity contribution in [2.24, 2.45) is 0 Å². The van der Waals surface area contributed by atoms with E-state index in [0.717, 1.165) is 8.04 Å². The van der Waals surface area contributed by atoms with E-state index in [-0.39, 0.29) is 5.91 Å². The molecule has 0 radical (unpaired) electrons. The summed E-state index contributed by atoms with van der Waals surface area (Å²) in [6, 6.07) is 5.65. The highest BCUT2D eigenvalue weighted by Crippen LogP contribution is 2.25. The second-order valence-electron chi connectivity index (χ2n) is 4.60. The Bertz CT molecular complexity index is 462. The van der Waals surface area contributed by atoms with Crippen molar-refractivity contribution in [3.8, 4) is 0 Å². The fourth-order valence-electron chi connectivity index (χ4n) is 1.95. The minimum absolute atomic E-state index is 0.00604. The number of nitrogens with zero attached hydrogens (tertiary/aromatic N) is 1. The molecule has 5 heteroatoms. The molecule has 1 N–H and O–H groups in total. The minimum atomic E-state index is -0.743. The van der Waals surface area contributed by atoms with E-state index >= 15 is 0 Å². The molecular weight excluding hydrogens is 397 g/mol. The third kappa shape index (κ3) is 3.00. The van der Waals surface area contributed by atoms with E-state index in [4.69, 9.17) is 0 Å². The van der Waals surface area contributed by atoms with E-state index < -0.39 is 5.60 Å². The van der Waals surface area contributed by atoms with Gasteiger partial charge in [0.15, 0.2) is 0 Å². The van der Waals surface area contributed by atoms with Crippen molar-refractivity contribution in [2.45, 2.75) is 18.9 Å². The van der Waals surface area contributed by atoms with Crippen LogP contribution in [0, 0.1) is 3.57 Å². The fourth-order valence-corrected chi connectivity index (χ4v) is 2.88. The lowest BCUT2D eigenvalue weighted by Gasteiger charge is -2.19. The van der Waals surface area contributed by atoms with E-state index in [0.29, 0.717) is 25.1 Å². The number of halogens is 2. The van der Waals surface area contributed by atoms with Gasteiger partial charge in [0.25, 0.3) is 5.91 Å². The topological polar surface area (TPSA) is 40.5 Å². The summed E-state index contributed by atoms with van der Waals surface area (Å²) in [7, 11) is 0. The second kappa shape index (κ2) is 4.85. The first kappa shape index (κ1) is 13.3. The van der Waals surface area contributed by atoms with Crippen LogP contribution in [-0.2, 0) is 0 Å². The van der Waals surface area contributed by atoms with Crippen LogP contribution in [0.25, 0.3) is 0 Å². The summed E-state index contributed by atoms with van der Waals surface area (Å²) in [6.07, 6.45) is 0.642. The van der Waals surface area contributed by atoms with Gasteiger partial charge >= 0.3 is 0 Å². The van der Waals surface area contributed by atoms with Crippen molar-refractivity contribution < 1.29 is 9.90 Å². The standard InChI is InChI=1S/C12H13BrINO2/c1-12(17)4-5-15(7-12)11(16)9-6-8(13)2-3-10(9)14/h2-3,6,17H,4-5,7H2,1H3. The summed E-state index contributed by atoms with van der Waals surface area (Å²) in [5, 5.41) is 9.88. The Kier molecular flexibility index (Phi) is 3.80. The van der Waals surface area contributed by atoms with Crippen LogP contribution < -0.4 is 0 Å². The molecule has 1 atom stereocenters. The molecule has 1 aromatic rings. The quantitative estimate of drug-likeness (QED) is 0.724. The average Bonchev–Trinajstić information content (AvgIpc) is 2.61. The molecule has 1 aliphatic heterocycles. The molecule has 1 amide bonds. The lowest BCUT2D eigenvalue weighted by molar-refractivity contribution is 0.0571. The van der Waals surface area contributed by atoms with Gasteiger partial charge in [-0.05, 0) is 54.1 Å². The molecule has 0 aliphatic carbocycles. The number of aliphatic hydroxyl groups is 1. The molecular formula is C12H13BrINO2. The number of carbonyl (C=O) groups excluding carboxylic acids is 1. The zero-order valence-electron chi connectivity index (χ0n) is 9.41. The lowest BCUT2D eigenvalue weighted by atomic mass is 10.1. The van der Waals surface area contributed by atoms with Crippen LogP contribution in [0.4, 0.5) is 0 Å². The Balaban J connectivity index is 2.23. The molecule has 0 spiro atoms. The maximum absolute atomic E-state index is 12.3. The maximum Gasteiger partial charge on any atom is 0.255 e. The van der Waals surface area contributed by atoms with Gasteiger partial charge in [0.1, 0.15) is 0 Å². The molecule has 2 rings (SSSR count).